The lowest BCUT2D eigenvalue weighted by atomic mass is 10.2. The van der Waals surface area contributed by atoms with E-state index in [4.69, 9.17) is 4.74 Å². The lowest BCUT2D eigenvalue weighted by Crippen LogP contribution is -2.37. The van der Waals surface area contributed by atoms with E-state index in [1.165, 1.54) is 43.8 Å². The summed E-state index contributed by atoms with van der Waals surface area (Å²) in [4.78, 5) is 16.4. The van der Waals surface area contributed by atoms with E-state index in [0.29, 0.717) is 15.8 Å². The molecule has 1 amide bonds. The predicted molar refractivity (Wildman–Crippen MR) is 118 cm³/mol. The van der Waals surface area contributed by atoms with Gasteiger partial charge in [0.1, 0.15) is 16.5 Å². The Kier molecular flexibility index (Phi) is 7.37. The van der Waals surface area contributed by atoms with Crippen molar-refractivity contribution in [3.8, 4) is 5.75 Å². The zero-order valence-electron chi connectivity index (χ0n) is 16.5. The van der Waals surface area contributed by atoms with E-state index in [9.17, 15) is 17.6 Å². The smallest absolute Gasteiger partial charge is 0.245 e. The molecule has 31 heavy (non-hydrogen) atoms. The third-order valence-electron chi connectivity index (χ3n) is 4.32. The van der Waals surface area contributed by atoms with Crippen LogP contribution in [-0.4, -0.2) is 37.3 Å². The van der Waals surface area contributed by atoms with Gasteiger partial charge in [-0.25, -0.2) is 12.8 Å². The molecular formula is C21H19BrFN3O4S. The summed E-state index contributed by atoms with van der Waals surface area (Å²) in [5.74, 6) is -0.699. The van der Waals surface area contributed by atoms with Crippen LogP contribution >= 0.6 is 15.9 Å². The molecule has 7 nitrogen and oxygen atoms in total. The summed E-state index contributed by atoms with van der Waals surface area (Å²) in [6.45, 7) is -0.587. The number of aromatic nitrogens is 1. The second-order valence-corrected chi connectivity index (χ2v) is 9.34. The quantitative estimate of drug-likeness (QED) is 0.500. The Morgan fingerprint density at radius 1 is 1.19 bits per heavy atom. The van der Waals surface area contributed by atoms with E-state index in [0.717, 1.165) is 4.31 Å². The zero-order valence-corrected chi connectivity index (χ0v) is 18.9. The molecule has 0 saturated heterocycles. The average molecular weight is 508 g/mol. The molecule has 0 saturated carbocycles. The summed E-state index contributed by atoms with van der Waals surface area (Å²) >= 11 is 3.15. The number of sulfonamides is 1. The van der Waals surface area contributed by atoms with Crippen LogP contribution in [0.5, 0.6) is 5.75 Å². The van der Waals surface area contributed by atoms with Gasteiger partial charge >= 0.3 is 0 Å². The van der Waals surface area contributed by atoms with Crippen LogP contribution in [0.2, 0.25) is 0 Å². The summed E-state index contributed by atoms with van der Waals surface area (Å²) in [5.41, 5.74) is 0.604. The third kappa shape index (κ3) is 5.87. The number of pyridine rings is 1. The molecule has 0 spiro atoms. The number of methoxy groups -OCH3 is 1. The van der Waals surface area contributed by atoms with Gasteiger partial charge in [0.15, 0.2) is 0 Å². The minimum Gasteiger partial charge on any atom is -0.497 e. The summed E-state index contributed by atoms with van der Waals surface area (Å²) in [7, 11) is -2.51. The molecule has 10 heteroatoms. The number of benzene rings is 2. The zero-order chi connectivity index (χ0) is 22.4. The standard InChI is InChI=1S/C21H19BrFN3O4S/c1-30-17-7-4-15(5-8-17)13-26(31(28,29)18-3-2-10-24-12-18)14-21(27)25-20-9-6-16(22)11-19(20)23/h2-12H,13-14H2,1H3,(H,25,27). The summed E-state index contributed by atoms with van der Waals surface area (Å²) < 4.78 is 47.0. The second kappa shape index (κ2) is 9.99. The van der Waals surface area contributed by atoms with Gasteiger partial charge in [-0.15, -0.1) is 0 Å². The number of carbonyl (C=O) groups is 1. The lowest BCUT2D eigenvalue weighted by Gasteiger charge is -2.22. The molecule has 3 aromatic rings. The number of carbonyl (C=O) groups excluding carboxylic acids is 1. The second-order valence-electron chi connectivity index (χ2n) is 6.48. The number of nitrogens with one attached hydrogen (secondary N) is 1. The number of halogens is 2. The number of hydrogen-bond donors (Lipinski definition) is 1. The maximum absolute atomic E-state index is 14.1. The van der Waals surface area contributed by atoms with Gasteiger partial charge in [-0.2, -0.15) is 4.31 Å². The molecule has 0 radical (unpaired) electrons. The van der Waals surface area contributed by atoms with Crippen molar-refractivity contribution in [3.63, 3.8) is 0 Å². The minimum absolute atomic E-state index is 0.0450. The largest absolute Gasteiger partial charge is 0.497 e. The van der Waals surface area contributed by atoms with E-state index in [1.54, 1.807) is 30.3 Å². The van der Waals surface area contributed by atoms with Crippen LogP contribution in [0.15, 0.2) is 76.4 Å². The first-order chi connectivity index (χ1) is 14.8. The number of ether oxygens (including phenoxy) is 1. The van der Waals surface area contributed by atoms with Crippen LogP contribution in [0.25, 0.3) is 0 Å². The topological polar surface area (TPSA) is 88.6 Å². The normalized spacial score (nSPS) is 11.4. The first-order valence-electron chi connectivity index (χ1n) is 9.07. The number of nitrogens with zero attached hydrogens (tertiary/aromatic N) is 2. The van der Waals surface area contributed by atoms with Crippen molar-refractivity contribution in [2.75, 3.05) is 19.0 Å². The van der Waals surface area contributed by atoms with Crippen molar-refractivity contribution in [1.29, 1.82) is 0 Å². The maximum atomic E-state index is 14.1. The van der Waals surface area contributed by atoms with Crippen LogP contribution < -0.4 is 10.1 Å². The highest BCUT2D eigenvalue weighted by atomic mass is 79.9. The van der Waals surface area contributed by atoms with Crippen LogP contribution in [0, 0.1) is 5.82 Å². The van der Waals surface area contributed by atoms with E-state index < -0.39 is 28.3 Å². The van der Waals surface area contributed by atoms with E-state index in [-0.39, 0.29) is 17.1 Å². The molecule has 2 aromatic carbocycles. The fourth-order valence-electron chi connectivity index (χ4n) is 2.75. The van der Waals surface area contributed by atoms with E-state index in [1.807, 2.05) is 0 Å². The summed E-state index contributed by atoms with van der Waals surface area (Å²) in [6.07, 6.45) is 2.67. The molecule has 0 bridgehead atoms. The molecule has 162 valence electrons. The van der Waals surface area contributed by atoms with Crippen molar-refractivity contribution >= 4 is 37.5 Å². The first kappa shape index (κ1) is 22.9. The Balaban J connectivity index is 1.86. The fourth-order valence-corrected chi connectivity index (χ4v) is 4.43. The van der Waals surface area contributed by atoms with Crippen LogP contribution in [0.3, 0.4) is 0 Å². The van der Waals surface area contributed by atoms with Crippen molar-refractivity contribution in [2.24, 2.45) is 0 Å². The van der Waals surface area contributed by atoms with Crippen molar-refractivity contribution in [3.05, 3.63) is 82.8 Å². The third-order valence-corrected chi connectivity index (χ3v) is 6.58. The molecular weight excluding hydrogens is 489 g/mol. The molecule has 1 N–H and O–H groups in total. The van der Waals surface area contributed by atoms with Crippen molar-refractivity contribution in [1.82, 2.24) is 9.29 Å². The predicted octanol–water partition coefficient (Wildman–Crippen LogP) is 3.82. The highest BCUT2D eigenvalue weighted by molar-refractivity contribution is 9.10. The Hall–Kier alpha value is -2.82. The Morgan fingerprint density at radius 2 is 1.94 bits per heavy atom. The van der Waals surface area contributed by atoms with Gasteiger partial charge in [-0.05, 0) is 48.0 Å². The van der Waals surface area contributed by atoms with Gasteiger partial charge in [-0.1, -0.05) is 28.1 Å². The molecule has 0 fully saturated rings. The summed E-state index contributed by atoms with van der Waals surface area (Å²) in [5, 5.41) is 2.42. The van der Waals surface area contributed by atoms with E-state index in [2.05, 4.69) is 26.2 Å². The van der Waals surface area contributed by atoms with Crippen molar-refractivity contribution < 1.29 is 22.3 Å². The first-order valence-corrected chi connectivity index (χ1v) is 11.3. The SMILES string of the molecule is COc1ccc(CN(CC(=O)Nc2ccc(Br)cc2F)S(=O)(=O)c2cccnc2)cc1. The molecule has 0 aliphatic rings. The van der Waals surface area contributed by atoms with Crippen LogP contribution in [0.1, 0.15) is 5.56 Å². The van der Waals surface area contributed by atoms with Gasteiger partial charge in [0, 0.05) is 23.4 Å². The van der Waals surface area contributed by atoms with Crippen LogP contribution in [0.4, 0.5) is 10.1 Å². The molecule has 0 aliphatic heterocycles. The van der Waals surface area contributed by atoms with Gasteiger partial charge in [0.2, 0.25) is 15.9 Å². The minimum atomic E-state index is -4.04. The average Bonchev–Trinajstić information content (AvgIpc) is 2.76. The van der Waals surface area contributed by atoms with Gasteiger partial charge < -0.3 is 10.1 Å². The van der Waals surface area contributed by atoms with E-state index >= 15 is 0 Å². The molecule has 0 aliphatic carbocycles. The van der Waals surface area contributed by atoms with Crippen LogP contribution in [-0.2, 0) is 21.4 Å². The number of amides is 1. The lowest BCUT2D eigenvalue weighted by molar-refractivity contribution is -0.116. The molecule has 1 heterocycles. The molecule has 3 rings (SSSR count). The fraction of sp³-hybridized carbons (Fsp3) is 0.143. The van der Waals surface area contributed by atoms with Gasteiger partial charge in [0.05, 0.1) is 19.3 Å². The number of anilines is 1. The van der Waals surface area contributed by atoms with Gasteiger partial charge in [-0.3, -0.25) is 9.78 Å². The van der Waals surface area contributed by atoms with Gasteiger partial charge in [0.25, 0.3) is 0 Å². The molecule has 0 unspecified atom stereocenters. The number of rotatable bonds is 8. The Labute approximate surface area is 188 Å². The molecule has 1 aromatic heterocycles. The number of hydrogen-bond acceptors (Lipinski definition) is 5. The van der Waals surface area contributed by atoms with Crippen molar-refractivity contribution in [2.45, 2.75) is 11.4 Å². The monoisotopic (exact) mass is 507 g/mol. The maximum Gasteiger partial charge on any atom is 0.245 e. The summed E-state index contributed by atoms with van der Waals surface area (Å²) in [6, 6.07) is 13.9. The highest BCUT2D eigenvalue weighted by Gasteiger charge is 2.27. The Bertz CT molecular complexity index is 1160. The Morgan fingerprint density at radius 3 is 2.55 bits per heavy atom. The highest BCUT2D eigenvalue weighted by Crippen LogP contribution is 2.21. The molecule has 0 atom stereocenters.